The van der Waals surface area contributed by atoms with Gasteiger partial charge in [-0.05, 0) is 42.5 Å². The number of aromatic nitrogens is 3. The maximum Gasteiger partial charge on any atom is 0.272 e. The van der Waals surface area contributed by atoms with Gasteiger partial charge in [0, 0.05) is 30.5 Å². The summed E-state index contributed by atoms with van der Waals surface area (Å²) in [7, 11) is -2.14. The second-order valence-electron chi connectivity index (χ2n) is 6.59. The normalized spacial score (nSPS) is 11.4. The Morgan fingerprint density at radius 1 is 1.13 bits per heavy atom. The highest BCUT2D eigenvalue weighted by molar-refractivity contribution is 7.92. The average molecular weight is 458 g/mol. The van der Waals surface area contributed by atoms with Crippen LogP contribution in [0.4, 0.5) is 11.5 Å². The number of aryl methyl sites for hydroxylation is 1. The van der Waals surface area contributed by atoms with Crippen molar-refractivity contribution in [3.05, 3.63) is 71.8 Å². The molecule has 158 valence electrons. The molecule has 0 saturated heterocycles. The molecule has 0 fully saturated rings. The number of fused-ring (bicyclic) bond motifs is 1. The van der Waals surface area contributed by atoms with E-state index < -0.39 is 15.9 Å². The quantitative estimate of drug-likeness (QED) is 0.421. The Bertz CT molecular complexity index is 1390. The summed E-state index contributed by atoms with van der Waals surface area (Å²) in [5, 5.41) is 13.2. The lowest BCUT2D eigenvalue weighted by atomic mass is 10.2. The molecular formula is C20H16ClN5O4S. The molecule has 1 amide bonds. The number of rotatable bonds is 5. The van der Waals surface area contributed by atoms with E-state index in [4.69, 9.17) is 11.6 Å². The third kappa shape index (κ3) is 4.03. The second kappa shape index (κ2) is 7.89. The van der Waals surface area contributed by atoms with Crippen molar-refractivity contribution in [3.8, 4) is 5.75 Å². The second-order valence-corrected chi connectivity index (χ2v) is 8.66. The molecule has 0 aliphatic heterocycles. The zero-order chi connectivity index (χ0) is 22.2. The first-order valence-corrected chi connectivity index (χ1v) is 10.8. The van der Waals surface area contributed by atoms with Crippen LogP contribution in [0.5, 0.6) is 5.75 Å². The van der Waals surface area contributed by atoms with Gasteiger partial charge in [0.2, 0.25) is 0 Å². The van der Waals surface area contributed by atoms with E-state index in [0.717, 1.165) is 0 Å². The Hall–Kier alpha value is -3.63. The molecule has 3 N–H and O–H groups in total. The Kier molecular flexibility index (Phi) is 5.25. The Balaban J connectivity index is 1.54. The maximum absolute atomic E-state index is 12.7. The number of benzene rings is 2. The first-order valence-electron chi connectivity index (χ1n) is 8.93. The van der Waals surface area contributed by atoms with E-state index in [0.29, 0.717) is 22.3 Å². The number of phenols is 1. The number of anilines is 2. The molecule has 2 aromatic heterocycles. The highest BCUT2D eigenvalue weighted by Crippen LogP contribution is 2.33. The molecule has 9 nitrogen and oxygen atoms in total. The van der Waals surface area contributed by atoms with Crippen molar-refractivity contribution in [2.75, 3.05) is 10.0 Å². The monoisotopic (exact) mass is 457 g/mol. The molecule has 0 radical (unpaired) electrons. The first kappa shape index (κ1) is 20.6. The van der Waals surface area contributed by atoms with Gasteiger partial charge < -0.3 is 15.0 Å². The first-order chi connectivity index (χ1) is 14.8. The van der Waals surface area contributed by atoms with Crippen LogP contribution in [0.25, 0.3) is 10.9 Å². The molecule has 4 aromatic rings. The summed E-state index contributed by atoms with van der Waals surface area (Å²) >= 11 is 6.13. The van der Waals surface area contributed by atoms with Crippen LogP contribution in [0, 0.1) is 0 Å². The van der Waals surface area contributed by atoms with Gasteiger partial charge in [-0.2, -0.15) is 0 Å². The number of phenolic OH excluding ortho intramolecular Hbond substituents is 1. The summed E-state index contributed by atoms with van der Waals surface area (Å²) in [6.07, 6.45) is 4.10. The standard InChI is InChI=1S/C20H16ClN5O4S/c1-26-15-6-7-17(27)19(21)14(15)10-16(26)20(28)24-12-2-4-13(5-3-12)31(29,30)25-18-11-22-8-9-23-18/h2-11,27H,1H3,(H,23,25)(H,24,28). The van der Waals surface area contributed by atoms with Crippen LogP contribution in [0.2, 0.25) is 5.02 Å². The molecule has 0 atom stereocenters. The number of nitrogens with zero attached hydrogens (tertiary/aromatic N) is 3. The van der Waals surface area contributed by atoms with Crippen LogP contribution in [-0.2, 0) is 17.1 Å². The number of halogens is 1. The van der Waals surface area contributed by atoms with Crippen molar-refractivity contribution in [2.24, 2.45) is 7.05 Å². The SMILES string of the molecule is Cn1c(C(=O)Nc2ccc(S(=O)(=O)Nc3cnccn3)cc2)cc2c(Cl)c(O)ccc21. The topological polar surface area (TPSA) is 126 Å². The van der Waals surface area contributed by atoms with E-state index in [2.05, 4.69) is 20.0 Å². The number of carbonyl (C=O) groups is 1. The van der Waals surface area contributed by atoms with Gasteiger partial charge >= 0.3 is 0 Å². The maximum atomic E-state index is 12.7. The molecule has 31 heavy (non-hydrogen) atoms. The lowest BCUT2D eigenvalue weighted by molar-refractivity contribution is 0.101. The predicted octanol–water partition coefficient (Wildman–Crippen LogP) is 3.38. The molecule has 0 aliphatic carbocycles. The minimum atomic E-state index is -3.85. The van der Waals surface area contributed by atoms with Crippen molar-refractivity contribution in [1.82, 2.24) is 14.5 Å². The summed E-state index contributed by atoms with van der Waals surface area (Å²) in [5.41, 5.74) is 1.41. The van der Waals surface area contributed by atoms with E-state index >= 15 is 0 Å². The summed E-state index contributed by atoms with van der Waals surface area (Å²) in [6.45, 7) is 0. The van der Waals surface area contributed by atoms with Crippen LogP contribution >= 0.6 is 11.6 Å². The van der Waals surface area contributed by atoms with Gasteiger partial charge in [-0.3, -0.25) is 14.5 Å². The molecule has 0 unspecified atom stereocenters. The molecule has 0 aliphatic rings. The Labute approximate surface area is 182 Å². The van der Waals surface area contributed by atoms with Gasteiger partial charge in [0.15, 0.2) is 5.82 Å². The number of aromatic hydroxyl groups is 1. The fraction of sp³-hybridized carbons (Fsp3) is 0.0500. The van der Waals surface area contributed by atoms with Crippen molar-refractivity contribution < 1.29 is 18.3 Å². The van der Waals surface area contributed by atoms with E-state index in [9.17, 15) is 18.3 Å². The Morgan fingerprint density at radius 2 is 1.87 bits per heavy atom. The van der Waals surface area contributed by atoms with Gasteiger partial charge in [0.25, 0.3) is 15.9 Å². The lowest BCUT2D eigenvalue weighted by Gasteiger charge is -2.09. The van der Waals surface area contributed by atoms with Crippen molar-refractivity contribution in [2.45, 2.75) is 4.90 Å². The molecule has 11 heteroatoms. The molecule has 4 rings (SSSR count). The number of carbonyl (C=O) groups excluding carboxylic acids is 1. The highest BCUT2D eigenvalue weighted by Gasteiger charge is 2.18. The van der Waals surface area contributed by atoms with Crippen LogP contribution in [0.3, 0.4) is 0 Å². The number of nitrogens with one attached hydrogen (secondary N) is 2. The molecule has 0 spiro atoms. The number of hydrogen-bond donors (Lipinski definition) is 3. The number of amides is 1. The minimum absolute atomic E-state index is 0.00279. The molecular weight excluding hydrogens is 442 g/mol. The van der Waals surface area contributed by atoms with Crippen LogP contribution < -0.4 is 10.0 Å². The van der Waals surface area contributed by atoms with Gasteiger partial charge in [-0.25, -0.2) is 13.4 Å². The summed E-state index contributed by atoms with van der Waals surface area (Å²) in [4.78, 5) is 20.4. The predicted molar refractivity (Wildman–Crippen MR) is 117 cm³/mol. The van der Waals surface area contributed by atoms with Gasteiger partial charge in [0.05, 0.1) is 21.6 Å². The fourth-order valence-electron chi connectivity index (χ4n) is 3.04. The van der Waals surface area contributed by atoms with Crippen LogP contribution in [0.1, 0.15) is 10.5 Å². The smallest absolute Gasteiger partial charge is 0.272 e. The summed E-state index contributed by atoms with van der Waals surface area (Å²) < 4.78 is 28.9. The van der Waals surface area contributed by atoms with Crippen molar-refractivity contribution in [1.29, 1.82) is 0 Å². The number of hydrogen-bond acceptors (Lipinski definition) is 6. The zero-order valence-electron chi connectivity index (χ0n) is 16.1. The van der Waals surface area contributed by atoms with Gasteiger partial charge in [-0.1, -0.05) is 11.6 Å². The van der Waals surface area contributed by atoms with Gasteiger partial charge in [-0.15, -0.1) is 0 Å². The molecule has 0 saturated carbocycles. The third-order valence-corrected chi connectivity index (χ3v) is 6.37. The third-order valence-electron chi connectivity index (χ3n) is 4.60. The lowest BCUT2D eigenvalue weighted by Crippen LogP contribution is -2.16. The molecule has 2 heterocycles. The van der Waals surface area contributed by atoms with E-state index in [1.54, 1.807) is 23.7 Å². The highest BCUT2D eigenvalue weighted by atomic mass is 35.5. The van der Waals surface area contributed by atoms with Gasteiger partial charge in [0.1, 0.15) is 11.4 Å². The average Bonchev–Trinajstić information content (AvgIpc) is 3.09. The summed E-state index contributed by atoms with van der Waals surface area (Å²) in [5.74, 6) is -0.387. The molecule has 0 bridgehead atoms. The molecule has 2 aromatic carbocycles. The fourth-order valence-corrected chi connectivity index (χ4v) is 4.25. The van der Waals surface area contributed by atoms with Crippen molar-refractivity contribution in [3.63, 3.8) is 0 Å². The van der Waals surface area contributed by atoms with E-state index in [1.807, 2.05) is 0 Å². The number of sulfonamides is 1. The summed E-state index contributed by atoms with van der Waals surface area (Å²) in [6, 6.07) is 10.4. The largest absolute Gasteiger partial charge is 0.506 e. The van der Waals surface area contributed by atoms with Crippen molar-refractivity contribution >= 4 is 49.9 Å². The van der Waals surface area contributed by atoms with E-state index in [-0.39, 0.29) is 21.5 Å². The minimum Gasteiger partial charge on any atom is -0.506 e. The zero-order valence-corrected chi connectivity index (χ0v) is 17.6. The van der Waals surface area contributed by atoms with E-state index in [1.165, 1.54) is 48.9 Å². The van der Waals surface area contributed by atoms with Crippen LogP contribution in [-0.4, -0.2) is 34.0 Å². The van der Waals surface area contributed by atoms with Crippen LogP contribution in [0.15, 0.2) is 66.0 Å². The Morgan fingerprint density at radius 3 is 2.55 bits per heavy atom.